The maximum atomic E-state index is 8.98. The summed E-state index contributed by atoms with van der Waals surface area (Å²) in [5, 5.41) is 9.29. The highest BCUT2D eigenvalue weighted by Gasteiger charge is 2.10. The molecule has 0 spiro atoms. The Bertz CT molecular complexity index is 484. The highest BCUT2D eigenvalue weighted by Crippen LogP contribution is 2.27. The minimum Gasteiger partial charge on any atom is -0.390 e. The monoisotopic (exact) mass is 286 g/mol. The van der Waals surface area contributed by atoms with Crippen LogP contribution in [0.1, 0.15) is 5.69 Å². The fraction of sp³-hybridized carbons (Fsp3) is 0.100. The molecule has 78 valence electrons. The van der Waals surface area contributed by atoms with Crippen molar-refractivity contribution in [3.05, 3.63) is 39.6 Å². The van der Waals surface area contributed by atoms with Gasteiger partial charge in [0.2, 0.25) is 0 Å². The summed E-state index contributed by atoms with van der Waals surface area (Å²) < 4.78 is 0.930. The van der Waals surface area contributed by atoms with E-state index in [0.717, 1.165) is 10.0 Å². The summed E-state index contributed by atoms with van der Waals surface area (Å²) in [5.74, 6) is 0.650. The summed E-state index contributed by atoms with van der Waals surface area (Å²) in [6.07, 6.45) is 0. The van der Waals surface area contributed by atoms with Gasteiger partial charge in [0.15, 0.2) is 5.15 Å². The molecule has 0 bridgehead atoms. The SMILES string of the molecule is OCc1[nH]c(-c2ccccc2Br)nc1Cl. The Kier molecular flexibility index (Phi) is 3.09. The molecule has 2 aromatic rings. The average Bonchev–Trinajstić information content (AvgIpc) is 2.60. The number of halogens is 2. The molecule has 1 heterocycles. The summed E-state index contributed by atoms with van der Waals surface area (Å²) in [6.45, 7) is -0.143. The van der Waals surface area contributed by atoms with Crippen LogP contribution in [0.25, 0.3) is 11.4 Å². The van der Waals surface area contributed by atoms with E-state index in [0.29, 0.717) is 16.7 Å². The third-order valence-electron chi connectivity index (χ3n) is 2.02. The van der Waals surface area contributed by atoms with Crippen molar-refractivity contribution in [2.75, 3.05) is 0 Å². The lowest BCUT2D eigenvalue weighted by atomic mass is 10.2. The van der Waals surface area contributed by atoms with Crippen molar-refractivity contribution >= 4 is 27.5 Å². The van der Waals surface area contributed by atoms with Gasteiger partial charge in [0.1, 0.15) is 5.82 Å². The number of hydrogen-bond acceptors (Lipinski definition) is 2. The van der Waals surface area contributed by atoms with Crippen molar-refractivity contribution in [3.8, 4) is 11.4 Å². The number of rotatable bonds is 2. The Balaban J connectivity index is 2.50. The van der Waals surface area contributed by atoms with Crippen LogP contribution in [0.3, 0.4) is 0 Å². The van der Waals surface area contributed by atoms with Crippen LogP contribution in [0.2, 0.25) is 5.15 Å². The van der Waals surface area contributed by atoms with E-state index in [1.165, 1.54) is 0 Å². The molecule has 0 radical (unpaired) electrons. The smallest absolute Gasteiger partial charge is 0.153 e. The first-order valence-corrected chi connectivity index (χ1v) is 5.49. The van der Waals surface area contributed by atoms with Crippen LogP contribution in [0.15, 0.2) is 28.7 Å². The summed E-state index contributed by atoms with van der Waals surface area (Å²) in [4.78, 5) is 7.10. The zero-order valence-corrected chi connectivity index (χ0v) is 10.0. The zero-order chi connectivity index (χ0) is 10.8. The van der Waals surface area contributed by atoms with Crippen LogP contribution >= 0.6 is 27.5 Å². The number of nitrogens with one attached hydrogen (secondary N) is 1. The number of nitrogens with zero attached hydrogens (tertiary/aromatic N) is 1. The Labute approximate surface area is 100 Å². The topological polar surface area (TPSA) is 48.9 Å². The molecule has 2 rings (SSSR count). The van der Waals surface area contributed by atoms with Gasteiger partial charge < -0.3 is 10.1 Å². The number of aromatic nitrogens is 2. The molecule has 0 aliphatic heterocycles. The van der Waals surface area contributed by atoms with Crippen LogP contribution < -0.4 is 0 Å². The predicted octanol–water partition coefficient (Wildman–Crippen LogP) is 2.98. The molecule has 1 aromatic carbocycles. The molecule has 1 aromatic heterocycles. The second-order valence-corrected chi connectivity index (χ2v) is 4.21. The van der Waals surface area contributed by atoms with E-state index in [-0.39, 0.29) is 6.61 Å². The summed E-state index contributed by atoms with van der Waals surface area (Å²) in [5.41, 5.74) is 1.45. The van der Waals surface area contributed by atoms with E-state index in [9.17, 15) is 0 Å². The van der Waals surface area contributed by atoms with E-state index in [4.69, 9.17) is 16.7 Å². The van der Waals surface area contributed by atoms with Crippen LogP contribution in [-0.4, -0.2) is 15.1 Å². The number of aliphatic hydroxyl groups excluding tert-OH is 1. The maximum absolute atomic E-state index is 8.98. The number of imidazole rings is 1. The standard InChI is InChI=1S/C10H8BrClN2O/c11-7-4-2-1-3-6(7)10-13-8(5-15)9(12)14-10/h1-4,15H,5H2,(H,13,14). The van der Waals surface area contributed by atoms with Crippen molar-refractivity contribution in [2.24, 2.45) is 0 Å². The quantitative estimate of drug-likeness (QED) is 0.892. The molecule has 0 amide bonds. The van der Waals surface area contributed by atoms with E-state index in [2.05, 4.69) is 25.9 Å². The molecule has 0 atom stereocenters. The molecule has 2 N–H and O–H groups in total. The third-order valence-corrected chi connectivity index (χ3v) is 3.02. The Hall–Kier alpha value is -0.840. The number of hydrogen-bond donors (Lipinski definition) is 2. The van der Waals surface area contributed by atoms with Gasteiger partial charge in [-0.1, -0.05) is 45.7 Å². The number of aliphatic hydroxyl groups is 1. The molecule has 0 aliphatic rings. The van der Waals surface area contributed by atoms with Gasteiger partial charge in [-0.15, -0.1) is 0 Å². The van der Waals surface area contributed by atoms with Crippen molar-refractivity contribution < 1.29 is 5.11 Å². The first-order valence-electron chi connectivity index (χ1n) is 4.32. The van der Waals surface area contributed by atoms with Crippen LogP contribution in [0.5, 0.6) is 0 Å². The molecule has 3 nitrogen and oxygen atoms in total. The van der Waals surface area contributed by atoms with Crippen molar-refractivity contribution in [2.45, 2.75) is 6.61 Å². The molecule has 0 unspecified atom stereocenters. The lowest BCUT2D eigenvalue weighted by Gasteiger charge is -1.98. The Morgan fingerprint density at radius 2 is 2.13 bits per heavy atom. The van der Waals surface area contributed by atoms with Crippen molar-refractivity contribution in [3.63, 3.8) is 0 Å². The highest BCUT2D eigenvalue weighted by atomic mass is 79.9. The van der Waals surface area contributed by atoms with Gasteiger partial charge in [0, 0.05) is 10.0 Å². The van der Waals surface area contributed by atoms with Gasteiger partial charge in [0.25, 0.3) is 0 Å². The number of H-pyrrole nitrogens is 1. The molecule has 0 saturated heterocycles. The molecule has 0 saturated carbocycles. The fourth-order valence-corrected chi connectivity index (χ4v) is 1.94. The summed E-state index contributed by atoms with van der Waals surface area (Å²) >= 11 is 9.25. The normalized spacial score (nSPS) is 10.6. The molecule has 0 fully saturated rings. The second-order valence-electron chi connectivity index (χ2n) is 2.99. The van der Waals surface area contributed by atoms with E-state index in [1.807, 2.05) is 24.3 Å². The predicted molar refractivity (Wildman–Crippen MR) is 62.7 cm³/mol. The maximum Gasteiger partial charge on any atom is 0.153 e. The van der Waals surface area contributed by atoms with Gasteiger partial charge in [0.05, 0.1) is 12.3 Å². The van der Waals surface area contributed by atoms with Gasteiger partial charge in [-0.05, 0) is 6.07 Å². The highest BCUT2D eigenvalue weighted by molar-refractivity contribution is 9.10. The lowest BCUT2D eigenvalue weighted by molar-refractivity contribution is 0.277. The number of aromatic amines is 1. The average molecular weight is 288 g/mol. The van der Waals surface area contributed by atoms with Gasteiger partial charge >= 0.3 is 0 Å². The van der Waals surface area contributed by atoms with E-state index >= 15 is 0 Å². The van der Waals surface area contributed by atoms with Crippen molar-refractivity contribution in [1.29, 1.82) is 0 Å². The van der Waals surface area contributed by atoms with Gasteiger partial charge in [-0.2, -0.15) is 0 Å². The van der Waals surface area contributed by atoms with Gasteiger partial charge in [-0.25, -0.2) is 4.98 Å². The second kappa shape index (κ2) is 4.35. The number of benzene rings is 1. The van der Waals surface area contributed by atoms with E-state index < -0.39 is 0 Å². The van der Waals surface area contributed by atoms with Crippen LogP contribution in [0, 0.1) is 0 Å². The first-order chi connectivity index (χ1) is 7.22. The van der Waals surface area contributed by atoms with Crippen LogP contribution in [0.4, 0.5) is 0 Å². The molecular weight excluding hydrogens is 279 g/mol. The molecular formula is C10H8BrClN2O. The van der Waals surface area contributed by atoms with Crippen LogP contribution in [-0.2, 0) is 6.61 Å². The lowest BCUT2D eigenvalue weighted by Crippen LogP contribution is -1.84. The minimum absolute atomic E-state index is 0.143. The molecule has 15 heavy (non-hydrogen) atoms. The Morgan fingerprint density at radius 1 is 1.40 bits per heavy atom. The largest absolute Gasteiger partial charge is 0.390 e. The third kappa shape index (κ3) is 2.07. The molecule has 0 aliphatic carbocycles. The molecule has 5 heteroatoms. The van der Waals surface area contributed by atoms with E-state index in [1.54, 1.807) is 0 Å². The summed E-state index contributed by atoms with van der Waals surface area (Å²) in [7, 11) is 0. The Morgan fingerprint density at radius 3 is 2.73 bits per heavy atom. The minimum atomic E-state index is -0.143. The summed E-state index contributed by atoms with van der Waals surface area (Å²) in [6, 6.07) is 7.67. The first kappa shape index (κ1) is 10.7. The zero-order valence-electron chi connectivity index (χ0n) is 7.67. The van der Waals surface area contributed by atoms with Gasteiger partial charge in [-0.3, -0.25) is 0 Å². The fourth-order valence-electron chi connectivity index (χ4n) is 1.27. The van der Waals surface area contributed by atoms with Crippen molar-refractivity contribution in [1.82, 2.24) is 9.97 Å².